The van der Waals surface area contributed by atoms with E-state index in [2.05, 4.69) is 17.0 Å². The highest BCUT2D eigenvalue weighted by atomic mass is 32.2. The molecule has 0 aromatic heterocycles. The summed E-state index contributed by atoms with van der Waals surface area (Å²) in [4.78, 5) is 4.50. The number of thioether (sulfide) groups is 1. The van der Waals surface area contributed by atoms with Crippen LogP contribution < -0.4 is 5.32 Å². The third-order valence-corrected chi connectivity index (χ3v) is 2.82. The molecule has 2 aliphatic heterocycles. The van der Waals surface area contributed by atoms with Gasteiger partial charge in [-0.2, -0.15) is 0 Å². The summed E-state index contributed by atoms with van der Waals surface area (Å²) < 4.78 is 1.95. The Morgan fingerprint density at radius 3 is 3.17 bits per heavy atom. The van der Waals surface area contributed by atoms with Crippen LogP contribution in [0.5, 0.6) is 0 Å². The molecule has 2 heterocycles. The minimum absolute atomic E-state index is 0.924. The van der Waals surface area contributed by atoms with Gasteiger partial charge in [0.05, 0.1) is 13.3 Å². The molecule has 2 rings (SSSR count). The fourth-order valence-electron chi connectivity index (χ4n) is 1.48. The third-order valence-electron chi connectivity index (χ3n) is 2.10. The first-order valence-electron chi connectivity index (χ1n) is 3.93. The van der Waals surface area contributed by atoms with Gasteiger partial charge >= 0.3 is 5.17 Å². The summed E-state index contributed by atoms with van der Waals surface area (Å²) in [5, 5.41) is 4.31. The summed E-state index contributed by atoms with van der Waals surface area (Å²) >= 11 is 1.65. The van der Waals surface area contributed by atoms with Crippen LogP contribution in [0.4, 0.5) is 0 Å². The Morgan fingerprint density at radius 2 is 2.42 bits per heavy atom. The Hall–Kier alpha value is -0.610. The number of nitrogens with zero attached hydrogens (tertiary/aromatic N) is 2. The maximum absolute atomic E-state index is 4.50. The quantitative estimate of drug-likeness (QED) is 0.545. The molecule has 0 aromatic carbocycles. The Kier molecular flexibility index (Phi) is 2.02. The SMILES string of the molecule is C=[N+]1CC2=C(CNC2)N=C1SC. The zero-order chi connectivity index (χ0) is 8.55. The molecule has 1 N–H and O–H groups in total. The van der Waals surface area contributed by atoms with Crippen molar-refractivity contribution in [1.29, 1.82) is 0 Å². The molecular weight excluding hydrogens is 170 g/mol. The van der Waals surface area contributed by atoms with E-state index in [-0.39, 0.29) is 0 Å². The van der Waals surface area contributed by atoms with E-state index < -0.39 is 0 Å². The monoisotopic (exact) mass is 182 g/mol. The second kappa shape index (κ2) is 3.03. The van der Waals surface area contributed by atoms with E-state index in [1.165, 1.54) is 11.3 Å². The summed E-state index contributed by atoms with van der Waals surface area (Å²) in [6.07, 6.45) is 2.03. The molecule has 0 spiro atoms. The van der Waals surface area contributed by atoms with Crippen LogP contribution in [0.1, 0.15) is 0 Å². The van der Waals surface area contributed by atoms with Crippen molar-refractivity contribution >= 4 is 23.6 Å². The molecule has 0 aliphatic carbocycles. The minimum Gasteiger partial charge on any atom is -0.305 e. The Bertz CT molecular complexity index is 291. The van der Waals surface area contributed by atoms with Crippen LogP contribution in [0.25, 0.3) is 0 Å². The van der Waals surface area contributed by atoms with Gasteiger partial charge in [-0.1, -0.05) is 0 Å². The molecule has 0 amide bonds. The number of amidine groups is 1. The van der Waals surface area contributed by atoms with Crippen molar-refractivity contribution in [3.05, 3.63) is 11.3 Å². The van der Waals surface area contributed by atoms with Crippen LogP contribution >= 0.6 is 11.8 Å². The van der Waals surface area contributed by atoms with E-state index in [1.807, 2.05) is 10.8 Å². The Labute approximate surface area is 76.3 Å². The van der Waals surface area contributed by atoms with Gasteiger partial charge in [0.15, 0.2) is 5.70 Å². The molecule has 0 fully saturated rings. The fraction of sp³-hybridized carbons (Fsp3) is 0.500. The first-order valence-corrected chi connectivity index (χ1v) is 5.16. The lowest BCUT2D eigenvalue weighted by Gasteiger charge is -2.07. The smallest absolute Gasteiger partial charge is 0.305 e. The van der Waals surface area contributed by atoms with Crippen LogP contribution in [0.15, 0.2) is 16.3 Å². The van der Waals surface area contributed by atoms with Crippen molar-refractivity contribution < 1.29 is 4.58 Å². The zero-order valence-corrected chi connectivity index (χ0v) is 7.95. The van der Waals surface area contributed by atoms with Gasteiger partial charge in [-0.05, 0) is 23.0 Å². The molecule has 2 aliphatic rings. The Morgan fingerprint density at radius 1 is 1.58 bits per heavy atom. The number of hydrogen-bond acceptors (Lipinski definition) is 3. The maximum Gasteiger partial charge on any atom is 0.358 e. The number of aliphatic imine (C=N–C) groups is 1. The molecule has 0 atom stereocenters. The summed E-state index contributed by atoms with van der Waals surface area (Å²) in [5.41, 5.74) is 2.61. The topological polar surface area (TPSA) is 27.4 Å². The molecular formula is C8H12N3S+. The number of rotatable bonds is 0. The molecule has 0 aromatic rings. The lowest BCUT2D eigenvalue weighted by atomic mass is 10.2. The van der Waals surface area contributed by atoms with Crippen molar-refractivity contribution in [3.63, 3.8) is 0 Å². The molecule has 4 heteroatoms. The van der Waals surface area contributed by atoms with Crippen LogP contribution in [0, 0.1) is 0 Å². The van der Waals surface area contributed by atoms with E-state index in [4.69, 9.17) is 0 Å². The average Bonchev–Trinajstić information content (AvgIpc) is 2.49. The number of hydrogen-bond donors (Lipinski definition) is 1. The highest BCUT2D eigenvalue weighted by molar-refractivity contribution is 8.12. The van der Waals surface area contributed by atoms with E-state index in [1.54, 1.807) is 11.8 Å². The van der Waals surface area contributed by atoms with Crippen molar-refractivity contribution in [2.45, 2.75) is 0 Å². The summed E-state index contributed by atoms with van der Waals surface area (Å²) in [5.74, 6) is 0. The lowest BCUT2D eigenvalue weighted by Crippen LogP contribution is -2.23. The summed E-state index contributed by atoms with van der Waals surface area (Å²) in [7, 11) is 0. The maximum atomic E-state index is 4.50. The van der Waals surface area contributed by atoms with E-state index in [0.717, 1.165) is 24.8 Å². The first kappa shape index (κ1) is 8.01. The van der Waals surface area contributed by atoms with Crippen LogP contribution in [-0.2, 0) is 0 Å². The minimum atomic E-state index is 0.924. The Balaban J connectivity index is 2.31. The second-order valence-corrected chi connectivity index (χ2v) is 3.72. The van der Waals surface area contributed by atoms with E-state index in [9.17, 15) is 0 Å². The van der Waals surface area contributed by atoms with E-state index >= 15 is 0 Å². The molecule has 0 saturated heterocycles. The molecule has 0 bridgehead atoms. The van der Waals surface area contributed by atoms with Crippen LogP contribution in [-0.4, -0.2) is 42.4 Å². The predicted molar refractivity (Wildman–Crippen MR) is 53.1 cm³/mol. The van der Waals surface area contributed by atoms with Crippen molar-refractivity contribution in [1.82, 2.24) is 5.32 Å². The van der Waals surface area contributed by atoms with Crippen LogP contribution in [0.2, 0.25) is 0 Å². The average molecular weight is 182 g/mol. The van der Waals surface area contributed by atoms with Crippen molar-refractivity contribution in [2.24, 2.45) is 4.99 Å². The molecule has 0 saturated carbocycles. The molecule has 64 valence electrons. The molecule has 12 heavy (non-hydrogen) atoms. The van der Waals surface area contributed by atoms with Crippen molar-refractivity contribution in [3.8, 4) is 0 Å². The van der Waals surface area contributed by atoms with Gasteiger partial charge in [0.25, 0.3) is 0 Å². The lowest BCUT2D eigenvalue weighted by molar-refractivity contribution is -0.384. The van der Waals surface area contributed by atoms with Gasteiger partial charge in [0.1, 0.15) is 6.54 Å². The molecule has 3 nitrogen and oxygen atoms in total. The third kappa shape index (κ3) is 1.21. The first-order chi connectivity index (χ1) is 5.81. The van der Waals surface area contributed by atoms with Gasteiger partial charge in [-0.25, -0.2) is 4.58 Å². The summed E-state index contributed by atoms with van der Waals surface area (Å²) in [6, 6.07) is 0. The highest BCUT2D eigenvalue weighted by Gasteiger charge is 2.28. The van der Waals surface area contributed by atoms with Crippen LogP contribution in [0.3, 0.4) is 0 Å². The highest BCUT2D eigenvalue weighted by Crippen LogP contribution is 2.18. The van der Waals surface area contributed by atoms with Gasteiger partial charge in [-0.3, -0.25) is 0 Å². The normalized spacial score (nSPS) is 22.8. The second-order valence-electron chi connectivity index (χ2n) is 2.95. The predicted octanol–water partition coefficient (Wildman–Crippen LogP) is 0.289. The zero-order valence-electron chi connectivity index (χ0n) is 7.13. The van der Waals surface area contributed by atoms with Crippen molar-refractivity contribution in [2.75, 3.05) is 25.9 Å². The number of nitrogens with one attached hydrogen (secondary N) is 1. The van der Waals surface area contributed by atoms with Gasteiger partial charge in [0, 0.05) is 12.1 Å². The summed E-state index contributed by atoms with van der Waals surface area (Å²) in [6.45, 7) is 6.77. The fourth-order valence-corrected chi connectivity index (χ4v) is 2.01. The van der Waals surface area contributed by atoms with Gasteiger partial charge in [0.2, 0.25) is 0 Å². The van der Waals surface area contributed by atoms with E-state index in [0.29, 0.717) is 0 Å². The largest absolute Gasteiger partial charge is 0.358 e. The van der Waals surface area contributed by atoms with Gasteiger partial charge < -0.3 is 5.32 Å². The molecule has 0 unspecified atom stereocenters. The molecule has 0 radical (unpaired) electrons. The van der Waals surface area contributed by atoms with Gasteiger partial charge in [-0.15, -0.1) is 0 Å². The standard InChI is InChI=1S/C8H12N3S/c1-11-5-6-3-9-4-7(6)10-8(11)12-2/h9H,1,3-5H2,2H3/q+1.